The van der Waals surface area contributed by atoms with Crippen molar-refractivity contribution in [3.63, 3.8) is 0 Å². The number of piperazine rings is 1. The fourth-order valence-corrected chi connectivity index (χ4v) is 3.26. The fraction of sp³-hybridized carbons (Fsp3) is 0.444. The van der Waals surface area contributed by atoms with Crippen LogP contribution in [0.15, 0.2) is 30.3 Å². The van der Waals surface area contributed by atoms with Crippen LogP contribution >= 0.6 is 24.8 Å². The van der Waals surface area contributed by atoms with E-state index in [9.17, 15) is 4.79 Å². The summed E-state index contributed by atoms with van der Waals surface area (Å²) in [6.07, 6.45) is 2.39. The Kier molecular flexibility index (Phi) is 6.07. The number of carbonyl (C=O) groups is 1. The lowest BCUT2D eigenvalue weighted by Gasteiger charge is -2.34. The van der Waals surface area contributed by atoms with Crippen molar-refractivity contribution in [2.75, 3.05) is 19.6 Å². The fourth-order valence-electron chi connectivity index (χ4n) is 3.26. The monoisotopic (exact) mass is 367 g/mol. The molecular weight excluding hydrogens is 345 g/mol. The first-order chi connectivity index (χ1) is 10.7. The van der Waals surface area contributed by atoms with Crippen LogP contribution in [-0.2, 0) is 0 Å². The molecule has 0 bridgehead atoms. The summed E-state index contributed by atoms with van der Waals surface area (Å²) < 4.78 is 0. The molecule has 6 heteroatoms. The van der Waals surface area contributed by atoms with Gasteiger partial charge in [-0.15, -0.1) is 24.8 Å². The number of halogens is 2. The molecule has 1 aromatic carbocycles. The van der Waals surface area contributed by atoms with Crippen molar-refractivity contribution in [1.29, 1.82) is 0 Å². The molecule has 1 unspecified atom stereocenters. The van der Waals surface area contributed by atoms with E-state index in [0.29, 0.717) is 5.92 Å². The number of aromatic nitrogens is 1. The largest absolute Gasteiger partial charge is 0.333 e. The Labute approximate surface area is 154 Å². The highest BCUT2D eigenvalue weighted by Crippen LogP contribution is 2.40. The Bertz CT molecular complexity index is 733. The van der Waals surface area contributed by atoms with E-state index in [1.54, 1.807) is 0 Å². The molecule has 4 rings (SSSR count). The van der Waals surface area contributed by atoms with Gasteiger partial charge in [0.15, 0.2) is 0 Å². The summed E-state index contributed by atoms with van der Waals surface area (Å²) in [6, 6.07) is 10.3. The molecule has 1 aliphatic carbocycles. The van der Waals surface area contributed by atoms with E-state index in [0.717, 1.165) is 41.8 Å². The molecule has 1 aliphatic heterocycles. The smallest absolute Gasteiger partial charge is 0.254 e. The Morgan fingerprint density at radius 3 is 2.71 bits per heavy atom. The molecule has 1 saturated carbocycles. The van der Waals surface area contributed by atoms with E-state index in [1.165, 1.54) is 12.8 Å². The molecular formula is C18H23Cl2N3O. The summed E-state index contributed by atoms with van der Waals surface area (Å²) in [4.78, 5) is 19.8. The third kappa shape index (κ3) is 3.51. The van der Waals surface area contributed by atoms with Gasteiger partial charge in [0.1, 0.15) is 0 Å². The number of rotatable bonds is 2. The van der Waals surface area contributed by atoms with E-state index < -0.39 is 0 Å². The minimum Gasteiger partial charge on any atom is -0.333 e. The van der Waals surface area contributed by atoms with Gasteiger partial charge in [-0.05, 0) is 31.9 Å². The van der Waals surface area contributed by atoms with Crippen LogP contribution in [0.2, 0.25) is 0 Å². The highest BCUT2D eigenvalue weighted by molar-refractivity contribution is 6.06. The van der Waals surface area contributed by atoms with E-state index in [1.807, 2.05) is 35.2 Å². The third-order valence-corrected chi connectivity index (χ3v) is 4.72. The average Bonchev–Trinajstić information content (AvgIpc) is 3.38. The Hall–Kier alpha value is -1.36. The number of hydrogen-bond acceptors (Lipinski definition) is 3. The predicted molar refractivity (Wildman–Crippen MR) is 102 cm³/mol. The molecule has 1 saturated heterocycles. The summed E-state index contributed by atoms with van der Waals surface area (Å²) in [5.41, 5.74) is 2.85. The first-order valence-electron chi connectivity index (χ1n) is 8.15. The van der Waals surface area contributed by atoms with E-state index in [-0.39, 0.29) is 36.8 Å². The minimum absolute atomic E-state index is 0. The van der Waals surface area contributed by atoms with Crippen molar-refractivity contribution in [3.8, 4) is 0 Å². The first-order valence-corrected chi connectivity index (χ1v) is 8.15. The zero-order chi connectivity index (χ0) is 15.1. The molecule has 2 aromatic rings. The van der Waals surface area contributed by atoms with Gasteiger partial charge in [-0.3, -0.25) is 9.78 Å². The summed E-state index contributed by atoms with van der Waals surface area (Å²) in [6.45, 7) is 4.61. The first kappa shape index (κ1) is 19.0. The Morgan fingerprint density at radius 1 is 1.25 bits per heavy atom. The Morgan fingerprint density at radius 2 is 2.00 bits per heavy atom. The topological polar surface area (TPSA) is 45.2 Å². The number of hydrogen-bond donors (Lipinski definition) is 1. The maximum atomic E-state index is 13.1. The summed E-state index contributed by atoms with van der Waals surface area (Å²) >= 11 is 0. The van der Waals surface area contributed by atoms with Crippen LogP contribution in [-0.4, -0.2) is 41.5 Å². The minimum atomic E-state index is 0. The number of carbonyl (C=O) groups excluding carboxylic acids is 1. The lowest BCUT2D eigenvalue weighted by atomic mass is 10.0. The van der Waals surface area contributed by atoms with Crippen LogP contribution in [0.4, 0.5) is 0 Å². The van der Waals surface area contributed by atoms with Crippen LogP contribution in [0.5, 0.6) is 0 Å². The van der Waals surface area contributed by atoms with Crippen molar-refractivity contribution >= 4 is 41.6 Å². The maximum absolute atomic E-state index is 13.1. The number of para-hydroxylation sites is 1. The maximum Gasteiger partial charge on any atom is 0.254 e. The molecule has 24 heavy (non-hydrogen) atoms. The molecule has 1 aromatic heterocycles. The zero-order valence-corrected chi connectivity index (χ0v) is 15.3. The average molecular weight is 368 g/mol. The van der Waals surface area contributed by atoms with Crippen LogP contribution in [0.3, 0.4) is 0 Å². The molecule has 1 atom stereocenters. The van der Waals surface area contributed by atoms with Gasteiger partial charge in [-0.2, -0.15) is 0 Å². The number of amides is 1. The van der Waals surface area contributed by atoms with Gasteiger partial charge in [0.2, 0.25) is 0 Å². The summed E-state index contributed by atoms with van der Waals surface area (Å²) in [5.74, 6) is 0.700. The van der Waals surface area contributed by atoms with Crippen LogP contribution in [0.1, 0.15) is 41.7 Å². The SMILES string of the molecule is CC1CNCCN1C(=O)c1cc(C2CC2)nc2ccccc12.Cl.Cl. The quantitative estimate of drug-likeness (QED) is 0.884. The number of benzene rings is 1. The van der Waals surface area contributed by atoms with E-state index in [2.05, 4.69) is 12.2 Å². The van der Waals surface area contributed by atoms with Gasteiger partial charge in [0.05, 0.1) is 11.1 Å². The third-order valence-electron chi connectivity index (χ3n) is 4.72. The number of pyridine rings is 1. The van der Waals surface area contributed by atoms with Crippen molar-refractivity contribution in [1.82, 2.24) is 15.2 Å². The van der Waals surface area contributed by atoms with Crippen molar-refractivity contribution < 1.29 is 4.79 Å². The molecule has 2 heterocycles. The number of nitrogens with zero attached hydrogens (tertiary/aromatic N) is 2. The Balaban J connectivity index is 0.00000104. The molecule has 2 aliphatic rings. The van der Waals surface area contributed by atoms with Crippen LogP contribution in [0, 0.1) is 0 Å². The van der Waals surface area contributed by atoms with E-state index in [4.69, 9.17) is 4.98 Å². The van der Waals surface area contributed by atoms with Crippen LogP contribution < -0.4 is 5.32 Å². The normalized spacial score (nSPS) is 20.2. The molecule has 4 nitrogen and oxygen atoms in total. The number of nitrogens with one attached hydrogen (secondary N) is 1. The van der Waals surface area contributed by atoms with Gasteiger partial charge in [0.25, 0.3) is 5.91 Å². The van der Waals surface area contributed by atoms with E-state index >= 15 is 0 Å². The van der Waals surface area contributed by atoms with Gasteiger partial charge in [-0.1, -0.05) is 18.2 Å². The highest BCUT2D eigenvalue weighted by Gasteiger charge is 2.29. The van der Waals surface area contributed by atoms with Crippen molar-refractivity contribution in [3.05, 3.63) is 41.6 Å². The van der Waals surface area contributed by atoms with Gasteiger partial charge in [0, 0.05) is 42.7 Å². The summed E-state index contributed by atoms with van der Waals surface area (Å²) in [7, 11) is 0. The zero-order valence-electron chi connectivity index (χ0n) is 13.7. The predicted octanol–water partition coefficient (Wildman–Crippen LogP) is 3.39. The van der Waals surface area contributed by atoms with Crippen molar-refractivity contribution in [2.24, 2.45) is 0 Å². The summed E-state index contributed by atoms with van der Waals surface area (Å²) in [5, 5.41) is 4.32. The van der Waals surface area contributed by atoms with Gasteiger partial charge >= 0.3 is 0 Å². The molecule has 0 radical (unpaired) electrons. The van der Waals surface area contributed by atoms with Gasteiger partial charge < -0.3 is 10.2 Å². The van der Waals surface area contributed by atoms with Gasteiger partial charge in [-0.25, -0.2) is 0 Å². The second-order valence-corrected chi connectivity index (χ2v) is 6.44. The second-order valence-electron chi connectivity index (χ2n) is 6.44. The molecule has 130 valence electrons. The molecule has 2 fully saturated rings. The number of fused-ring (bicyclic) bond motifs is 1. The lowest BCUT2D eigenvalue weighted by Crippen LogP contribution is -2.52. The molecule has 1 amide bonds. The molecule has 1 N–H and O–H groups in total. The second kappa shape index (κ2) is 7.68. The van der Waals surface area contributed by atoms with Crippen LogP contribution in [0.25, 0.3) is 10.9 Å². The van der Waals surface area contributed by atoms with Crippen molar-refractivity contribution in [2.45, 2.75) is 31.7 Å². The highest BCUT2D eigenvalue weighted by atomic mass is 35.5. The lowest BCUT2D eigenvalue weighted by molar-refractivity contribution is 0.0657. The molecule has 0 spiro atoms. The standard InChI is InChI=1S/C18H21N3O.2ClH/c1-12-11-19-8-9-21(12)18(22)15-10-17(13-6-7-13)20-16-5-3-2-4-14(15)16;;/h2-5,10,12-13,19H,6-9,11H2,1H3;2*1H.